The molecule has 0 radical (unpaired) electrons. The molecular weight excluding hydrogens is 152 g/mol. The minimum absolute atomic E-state index is 0.145. The first-order valence-electron chi connectivity index (χ1n) is 4.46. The number of rotatable bonds is 3. The van der Waals surface area contributed by atoms with Gasteiger partial charge in [0.2, 0.25) is 0 Å². The van der Waals surface area contributed by atoms with Gasteiger partial charge in [-0.05, 0) is 24.2 Å². The number of hydrogen-bond acceptors (Lipinski definition) is 1. The molecule has 1 N–H and O–H groups in total. The average molecular weight is 168 g/mol. The summed E-state index contributed by atoms with van der Waals surface area (Å²) in [5, 5.41) is 8.71. The van der Waals surface area contributed by atoms with E-state index < -0.39 is 5.97 Å². The molecule has 1 saturated carbocycles. The van der Waals surface area contributed by atoms with Gasteiger partial charge in [-0.1, -0.05) is 26.8 Å². The van der Waals surface area contributed by atoms with Crippen molar-refractivity contribution in [1.82, 2.24) is 0 Å². The van der Waals surface area contributed by atoms with E-state index in [1.807, 2.05) is 6.92 Å². The number of carboxylic acids is 1. The highest BCUT2D eigenvalue weighted by atomic mass is 16.4. The first-order valence-corrected chi connectivity index (χ1v) is 4.46. The minimum atomic E-state index is -0.846. The van der Waals surface area contributed by atoms with E-state index in [4.69, 9.17) is 5.11 Å². The fraction of sp³-hybridized carbons (Fsp3) is 0.700. The van der Waals surface area contributed by atoms with Gasteiger partial charge in [-0.2, -0.15) is 0 Å². The van der Waals surface area contributed by atoms with E-state index in [2.05, 4.69) is 13.5 Å². The lowest BCUT2D eigenvalue weighted by Gasteiger charge is -2.38. The van der Waals surface area contributed by atoms with Crippen LogP contribution in [0.5, 0.6) is 0 Å². The molecule has 2 heteroatoms. The van der Waals surface area contributed by atoms with Crippen molar-refractivity contribution >= 4 is 5.97 Å². The maximum absolute atomic E-state index is 10.6. The van der Waals surface area contributed by atoms with Gasteiger partial charge in [0.1, 0.15) is 0 Å². The summed E-state index contributed by atoms with van der Waals surface area (Å²) in [7, 11) is 0. The van der Waals surface area contributed by atoms with Gasteiger partial charge in [-0.15, -0.1) is 0 Å². The predicted molar refractivity (Wildman–Crippen MR) is 47.8 cm³/mol. The Labute approximate surface area is 73.3 Å². The molecule has 1 aliphatic rings. The van der Waals surface area contributed by atoms with Crippen LogP contribution in [0.25, 0.3) is 0 Å². The third-order valence-corrected chi connectivity index (χ3v) is 3.15. The zero-order valence-electron chi connectivity index (χ0n) is 7.71. The molecule has 0 aromatic carbocycles. The van der Waals surface area contributed by atoms with E-state index in [-0.39, 0.29) is 5.92 Å². The van der Waals surface area contributed by atoms with Gasteiger partial charge in [-0.25, -0.2) is 4.79 Å². The Kier molecular flexibility index (Phi) is 2.55. The molecule has 0 bridgehead atoms. The molecule has 1 aliphatic carbocycles. The number of carboxylic acid groups (broad SMARTS) is 1. The molecule has 1 fully saturated rings. The Bertz CT molecular complexity index is 208. The fourth-order valence-corrected chi connectivity index (χ4v) is 1.89. The van der Waals surface area contributed by atoms with Gasteiger partial charge in [0.25, 0.3) is 0 Å². The Morgan fingerprint density at radius 3 is 2.42 bits per heavy atom. The van der Waals surface area contributed by atoms with Crippen LogP contribution in [0.3, 0.4) is 0 Å². The molecule has 3 atom stereocenters. The number of aliphatic carboxylic acids is 1. The summed E-state index contributed by atoms with van der Waals surface area (Å²) in [4.78, 5) is 10.6. The van der Waals surface area contributed by atoms with E-state index in [1.54, 1.807) is 0 Å². The average Bonchev–Trinajstić information content (AvgIpc) is 2.00. The summed E-state index contributed by atoms with van der Waals surface area (Å²) in [6.07, 6.45) is 2.40. The Morgan fingerprint density at radius 2 is 2.17 bits per heavy atom. The number of carbonyl (C=O) groups is 1. The molecule has 68 valence electrons. The van der Waals surface area contributed by atoms with Crippen LogP contribution in [0.4, 0.5) is 0 Å². The van der Waals surface area contributed by atoms with Crippen LogP contribution < -0.4 is 0 Å². The number of hydrogen-bond donors (Lipinski definition) is 1. The topological polar surface area (TPSA) is 37.3 Å². The Balaban J connectivity index is 2.52. The molecule has 0 aromatic heterocycles. The fourth-order valence-electron chi connectivity index (χ4n) is 1.89. The molecule has 1 unspecified atom stereocenters. The monoisotopic (exact) mass is 168 g/mol. The van der Waals surface area contributed by atoms with E-state index in [0.717, 1.165) is 6.42 Å². The summed E-state index contributed by atoms with van der Waals surface area (Å²) in [5.41, 5.74) is 0.367. The van der Waals surface area contributed by atoms with Crippen LogP contribution in [-0.4, -0.2) is 11.1 Å². The highest BCUT2D eigenvalue weighted by molar-refractivity contribution is 5.86. The van der Waals surface area contributed by atoms with Crippen LogP contribution >= 0.6 is 0 Å². The zero-order valence-corrected chi connectivity index (χ0v) is 7.71. The van der Waals surface area contributed by atoms with Crippen LogP contribution in [0.2, 0.25) is 0 Å². The Morgan fingerprint density at radius 1 is 1.58 bits per heavy atom. The van der Waals surface area contributed by atoms with E-state index in [9.17, 15) is 4.79 Å². The van der Waals surface area contributed by atoms with Crippen molar-refractivity contribution in [1.29, 1.82) is 0 Å². The van der Waals surface area contributed by atoms with Gasteiger partial charge in [-0.3, -0.25) is 0 Å². The summed E-state index contributed by atoms with van der Waals surface area (Å²) >= 11 is 0. The van der Waals surface area contributed by atoms with Gasteiger partial charge < -0.3 is 5.11 Å². The van der Waals surface area contributed by atoms with Crippen molar-refractivity contribution in [3.63, 3.8) is 0 Å². The summed E-state index contributed by atoms with van der Waals surface area (Å²) in [6.45, 7) is 7.74. The first-order chi connectivity index (χ1) is 5.54. The molecular formula is C10H16O2. The lowest BCUT2D eigenvalue weighted by Crippen LogP contribution is -2.31. The van der Waals surface area contributed by atoms with Crippen LogP contribution in [0.1, 0.15) is 26.7 Å². The van der Waals surface area contributed by atoms with Crippen molar-refractivity contribution < 1.29 is 9.90 Å². The van der Waals surface area contributed by atoms with Crippen molar-refractivity contribution in [2.75, 3.05) is 0 Å². The summed E-state index contributed by atoms with van der Waals surface area (Å²) in [5.74, 6) is 0.526. The second-order valence-electron chi connectivity index (χ2n) is 3.84. The maximum Gasteiger partial charge on any atom is 0.331 e. The second kappa shape index (κ2) is 3.30. The van der Waals surface area contributed by atoms with E-state index in [0.29, 0.717) is 17.4 Å². The van der Waals surface area contributed by atoms with Gasteiger partial charge in [0.05, 0.1) is 0 Å². The predicted octanol–water partition coefficient (Wildman–Crippen LogP) is 2.31. The molecule has 12 heavy (non-hydrogen) atoms. The molecule has 0 saturated heterocycles. The van der Waals surface area contributed by atoms with Crippen LogP contribution in [0.15, 0.2) is 12.2 Å². The lowest BCUT2D eigenvalue weighted by atomic mass is 9.67. The highest BCUT2D eigenvalue weighted by Gasteiger charge is 2.34. The quantitative estimate of drug-likeness (QED) is 0.656. The second-order valence-corrected chi connectivity index (χ2v) is 3.84. The smallest absolute Gasteiger partial charge is 0.331 e. The minimum Gasteiger partial charge on any atom is -0.478 e. The zero-order chi connectivity index (χ0) is 9.30. The third kappa shape index (κ3) is 1.52. The van der Waals surface area contributed by atoms with Crippen LogP contribution in [0, 0.1) is 17.8 Å². The van der Waals surface area contributed by atoms with Crippen molar-refractivity contribution in [2.45, 2.75) is 26.7 Å². The van der Waals surface area contributed by atoms with Gasteiger partial charge in [0, 0.05) is 5.57 Å². The molecule has 0 amide bonds. The SMILES string of the molecule is C=C(C(=O)O)[C@@H](C)C1CC[C@@H]1C. The molecule has 0 spiro atoms. The molecule has 1 rings (SSSR count). The first kappa shape index (κ1) is 9.30. The van der Waals surface area contributed by atoms with Gasteiger partial charge >= 0.3 is 5.97 Å². The van der Waals surface area contributed by atoms with Gasteiger partial charge in [0.15, 0.2) is 0 Å². The van der Waals surface area contributed by atoms with E-state index in [1.165, 1.54) is 6.42 Å². The van der Waals surface area contributed by atoms with E-state index >= 15 is 0 Å². The van der Waals surface area contributed by atoms with Crippen molar-refractivity contribution in [3.05, 3.63) is 12.2 Å². The van der Waals surface area contributed by atoms with Crippen molar-refractivity contribution in [2.24, 2.45) is 17.8 Å². The van der Waals surface area contributed by atoms with Crippen LogP contribution in [-0.2, 0) is 4.79 Å². The maximum atomic E-state index is 10.6. The molecule has 0 aliphatic heterocycles. The van der Waals surface area contributed by atoms with Crippen molar-refractivity contribution in [3.8, 4) is 0 Å². The standard InChI is InChI=1S/C10H16O2/c1-6-4-5-9(6)7(2)8(3)10(11)12/h6-7,9H,3-5H2,1-2H3,(H,11,12)/t6-,7+,9?/m0/s1. The molecule has 0 heterocycles. The molecule has 2 nitrogen and oxygen atoms in total. The Hall–Kier alpha value is -0.790. The highest BCUT2D eigenvalue weighted by Crippen LogP contribution is 2.41. The third-order valence-electron chi connectivity index (χ3n) is 3.15. The summed E-state index contributed by atoms with van der Waals surface area (Å²) in [6, 6.07) is 0. The largest absolute Gasteiger partial charge is 0.478 e. The normalized spacial score (nSPS) is 30.5. The lowest BCUT2D eigenvalue weighted by molar-refractivity contribution is -0.133. The summed E-state index contributed by atoms with van der Waals surface area (Å²) < 4.78 is 0. The molecule has 0 aromatic rings.